The van der Waals surface area contributed by atoms with Gasteiger partial charge in [-0.1, -0.05) is 0 Å². The van der Waals surface area contributed by atoms with E-state index >= 15 is 0 Å². The molecule has 5 heteroatoms. The largest absolute Gasteiger partial charge is 0.508 e. The van der Waals surface area contributed by atoms with Crippen LogP contribution >= 0.6 is 0 Å². The number of hydrogen-bond donors (Lipinski definition) is 1. The van der Waals surface area contributed by atoms with E-state index in [-0.39, 0.29) is 5.75 Å². The van der Waals surface area contributed by atoms with Crippen LogP contribution in [0.2, 0.25) is 0 Å². The molecule has 0 radical (unpaired) electrons. The molecule has 1 aromatic carbocycles. The third-order valence-electron chi connectivity index (χ3n) is 3.08. The summed E-state index contributed by atoms with van der Waals surface area (Å²) in [5, 5.41) is 9.58. The molecule has 3 rings (SSSR count). The van der Waals surface area contributed by atoms with Gasteiger partial charge in [-0.2, -0.15) is 0 Å². The highest BCUT2D eigenvalue weighted by Gasteiger charge is 2.11. The molecule has 0 atom stereocenters. The Kier molecular flexibility index (Phi) is 2.59. The van der Waals surface area contributed by atoms with E-state index in [9.17, 15) is 5.11 Å². The lowest BCUT2D eigenvalue weighted by molar-refractivity contribution is 0.400. The number of methoxy groups -OCH3 is 1. The second-order valence-electron chi connectivity index (χ2n) is 4.27. The van der Waals surface area contributed by atoms with Gasteiger partial charge in [0.2, 0.25) is 5.65 Å². The summed E-state index contributed by atoms with van der Waals surface area (Å²) in [5.41, 5.74) is 3.41. The Morgan fingerprint density at radius 3 is 2.84 bits per heavy atom. The molecule has 0 aliphatic carbocycles. The lowest BCUT2D eigenvalue weighted by Gasteiger charge is -2.05. The first kappa shape index (κ1) is 11.5. The zero-order chi connectivity index (χ0) is 13.4. The van der Waals surface area contributed by atoms with Crippen molar-refractivity contribution >= 4 is 5.65 Å². The van der Waals surface area contributed by atoms with E-state index in [0.717, 1.165) is 16.8 Å². The van der Waals surface area contributed by atoms with Gasteiger partial charge < -0.3 is 9.84 Å². The average molecular weight is 255 g/mol. The van der Waals surface area contributed by atoms with Gasteiger partial charge in [0.05, 0.1) is 19.0 Å². The monoisotopic (exact) mass is 255 g/mol. The van der Waals surface area contributed by atoms with Gasteiger partial charge in [-0.3, -0.25) is 4.40 Å². The summed E-state index contributed by atoms with van der Waals surface area (Å²) in [6.07, 6.45) is 5.28. The fourth-order valence-electron chi connectivity index (χ4n) is 2.07. The standard InChI is InChI=1S/C14H13N3O2/c1-9-7-10(3-4-12(9)18)11-8-16-13-14(19-2)15-5-6-17(11)13/h3-8,18H,1-2H3. The molecule has 5 nitrogen and oxygen atoms in total. The Balaban J connectivity index is 2.23. The Morgan fingerprint density at radius 1 is 1.26 bits per heavy atom. The number of hydrogen-bond acceptors (Lipinski definition) is 4. The molecule has 3 aromatic rings. The van der Waals surface area contributed by atoms with Gasteiger partial charge in [-0.25, -0.2) is 9.97 Å². The second-order valence-corrected chi connectivity index (χ2v) is 4.27. The number of ether oxygens (including phenoxy) is 1. The molecule has 0 unspecified atom stereocenters. The minimum atomic E-state index is 0.289. The van der Waals surface area contributed by atoms with Crippen molar-refractivity contribution in [3.8, 4) is 22.9 Å². The summed E-state index contributed by atoms with van der Waals surface area (Å²) < 4.78 is 7.10. The van der Waals surface area contributed by atoms with Gasteiger partial charge in [0.15, 0.2) is 0 Å². The first-order valence-corrected chi connectivity index (χ1v) is 5.87. The van der Waals surface area contributed by atoms with Crippen molar-refractivity contribution in [3.05, 3.63) is 42.4 Å². The van der Waals surface area contributed by atoms with E-state index in [0.29, 0.717) is 11.5 Å². The summed E-state index contributed by atoms with van der Waals surface area (Å²) in [4.78, 5) is 8.45. The first-order chi connectivity index (χ1) is 9.20. The number of aromatic hydroxyl groups is 1. The summed E-state index contributed by atoms with van der Waals surface area (Å²) >= 11 is 0. The van der Waals surface area contributed by atoms with E-state index in [1.807, 2.05) is 29.7 Å². The summed E-state index contributed by atoms with van der Waals surface area (Å²) in [6.45, 7) is 1.87. The van der Waals surface area contributed by atoms with E-state index in [2.05, 4.69) is 9.97 Å². The maximum atomic E-state index is 9.58. The predicted molar refractivity (Wildman–Crippen MR) is 71.4 cm³/mol. The number of fused-ring (bicyclic) bond motifs is 1. The third-order valence-corrected chi connectivity index (χ3v) is 3.08. The molecule has 0 saturated carbocycles. The van der Waals surface area contributed by atoms with Crippen molar-refractivity contribution < 1.29 is 9.84 Å². The topological polar surface area (TPSA) is 59.7 Å². The molecule has 0 amide bonds. The highest BCUT2D eigenvalue weighted by Crippen LogP contribution is 2.27. The maximum absolute atomic E-state index is 9.58. The number of benzene rings is 1. The zero-order valence-corrected chi connectivity index (χ0v) is 10.7. The Morgan fingerprint density at radius 2 is 2.11 bits per heavy atom. The Labute approximate surface area is 110 Å². The van der Waals surface area contributed by atoms with Gasteiger partial charge in [-0.05, 0) is 30.7 Å². The zero-order valence-electron chi connectivity index (χ0n) is 10.7. The van der Waals surface area contributed by atoms with E-state index in [4.69, 9.17) is 4.74 Å². The molecule has 0 aliphatic heterocycles. The SMILES string of the molecule is COc1nccn2c(-c3ccc(O)c(C)c3)cnc12. The fraction of sp³-hybridized carbons (Fsp3) is 0.143. The van der Waals surface area contributed by atoms with E-state index in [1.165, 1.54) is 0 Å². The molecule has 2 aromatic heterocycles. The van der Waals surface area contributed by atoms with Crippen LogP contribution in [-0.4, -0.2) is 26.6 Å². The molecular formula is C14H13N3O2. The van der Waals surface area contributed by atoms with Crippen LogP contribution in [0.25, 0.3) is 16.9 Å². The van der Waals surface area contributed by atoms with Gasteiger partial charge in [0.25, 0.3) is 5.88 Å². The minimum absolute atomic E-state index is 0.289. The number of phenolic OH excluding ortho intramolecular Hbond substituents is 1. The normalized spacial score (nSPS) is 10.8. The van der Waals surface area contributed by atoms with Crippen LogP contribution in [0.3, 0.4) is 0 Å². The quantitative estimate of drug-likeness (QED) is 0.764. The highest BCUT2D eigenvalue weighted by molar-refractivity contribution is 5.67. The van der Waals surface area contributed by atoms with Crippen molar-refractivity contribution in [3.63, 3.8) is 0 Å². The van der Waals surface area contributed by atoms with Crippen molar-refractivity contribution in [2.75, 3.05) is 7.11 Å². The smallest absolute Gasteiger partial charge is 0.258 e. The molecule has 1 N–H and O–H groups in total. The lowest BCUT2D eigenvalue weighted by atomic mass is 10.1. The molecule has 19 heavy (non-hydrogen) atoms. The Bertz CT molecular complexity index is 750. The van der Waals surface area contributed by atoms with E-state index in [1.54, 1.807) is 25.6 Å². The molecule has 0 saturated heterocycles. The van der Waals surface area contributed by atoms with Crippen LogP contribution in [0, 0.1) is 6.92 Å². The molecule has 2 heterocycles. The van der Waals surface area contributed by atoms with Crippen LogP contribution in [0.4, 0.5) is 0 Å². The van der Waals surface area contributed by atoms with Gasteiger partial charge in [0, 0.05) is 18.0 Å². The molecule has 96 valence electrons. The van der Waals surface area contributed by atoms with Crippen LogP contribution in [-0.2, 0) is 0 Å². The number of nitrogens with zero attached hydrogens (tertiary/aromatic N) is 3. The van der Waals surface area contributed by atoms with Crippen molar-refractivity contribution in [1.29, 1.82) is 0 Å². The molecule has 0 spiro atoms. The van der Waals surface area contributed by atoms with Gasteiger partial charge in [-0.15, -0.1) is 0 Å². The van der Waals surface area contributed by atoms with Crippen LogP contribution in [0.1, 0.15) is 5.56 Å². The number of aryl methyl sites for hydroxylation is 1. The highest BCUT2D eigenvalue weighted by atomic mass is 16.5. The number of aromatic nitrogens is 3. The van der Waals surface area contributed by atoms with Crippen LogP contribution in [0.15, 0.2) is 36.8 Å². The molecule has 0 fully saturated rings. The maximum Gasteiger partial charge on any atom is 0.258 e. The van der Waals surface area contributed by atoms with Crippen molar-refractivity contribution in [2.45, 2.75) is 6.92 Å². The molecule has 0 bridgehead atoms. The molecule has 0 aliphatic rings. The van der Waals surface area contributed by atoms with Gasteiger partial charge in [0.1, 0.15) is 5.75 Å². The lowest BCUT2D eigenvalue weighted by Crippen LogP contribution is -1.94. The molecular weight excluding hydrogens is 242 g/mol. The number of phenols is 1. The number of imidazole rings is 1. The first-order valence-electron chi connectivity index (χ1n) is 5.87. The Hall–Kier alpha value is -2.56. The van der Waals surface area contributed by atoms with Crippen molar-refractivity contribution in [2.24, 2.45) is 0 Å². The van der Waals surface area contributed by atoms with Crippen LogP contribution < -0.4 is 4.74 Å². The minimum Gasteiger partial charge on any atom is -0.508 e. The predicted octanol–water partition coefficient (Wildman–Crippen LogP) is 2.42. The summed E-state index contributed by atoms with van der Waals surface area (Å²) in [7, 11) is 1.57. The summed E-state index contributed by atoms with van der Waals surface area (Å²) in [5.74, 6) is 0.779. The summed E-state index contributed by atoms with van der Waals surface area (Å²) in [6, 6.07) is 5.47. The average Bonchev–Trinajstić information content (AvgIpc) is 2.85. The number of rotatable bonds is 2. The second kappa shape index (κ2) is 4.28. The van der Waals surface area contributed by atoms with Crippen molar-refractivity contribution in [1.82, 2.24) is 14.4 Å². The third kappa shape index (κ3) is 1.79. The van der Waals surface area contributed by atoms with E-state index < -0.39 is 0 Å². The van der Waals surface area contributed by atoms with Gasteiger partial charge >= 0.3 is 0 Å². The fourth-order valence-corrected chi connectivity index (χ4v) is 2.07. The van der Waals surface area contributed by atoms with Crippen LogP contribution in [0.5, 0.6) is 11.6 Å².